The van der Waals surface area contributed by atoms with E-state index < -0.39 is 17.5 Å². The lowest BCUT2D eigenvalue weighted by Crippen LogP contribution is -2.33. The number of fused-ring (bicyclic) bond motifs is 2. The van der Waals surface area contributed by atoms with Gasteiger partial charge in [0.15, 0.2) is 5.69 Å². The summed E-state index contributed by atoms with van der Waals surface area (Å²) in [6, 6.07) is 11.7. The maximum atomic E-state index is 13.9. The lowest BCUT2D eigenvalue weighted by atomic mass is 10.1. The van der Waals surface area contributed by atoms with Crippen LogP contribution in [0.2, 0.25) is 0 Å². The standard InChI is InChI=1S/C28H21N9O3/c1-16(33-26(38)22-23-18(7-6-12-30-23)14-31-24(22)29)25-34-27-21(28(39)37(25)19-8-4-3-5-9-19)20(35-40-27)11-10-17-13-32-36(2)15-17/h3-9,12-16H,1-2H3,(H2,29,31)(H,33,38)/t16-/m1/s1. The van der Waals surface area contributed by atoms with E-state index in [-0.39, 0.29) is 34.0 Å². The monoisotopic (exact) mass is 531 g/mol. The summed E-state index contributed by atoms with van der Waals surface area (Å²) in [6.45, 7) is 1.70. The summed E-state index contributed by atoms with van der Waals surface area (Å²) in [4.78, 5) is 40.4. The average molecular weight is 532 g/mol. The molecule has 6 rings (SSSR count). The summed E-state index contributed by atoms with van der Waals surface area (Å²) in [6.07, 6.45) is 6.47. The minimum absolute atomic E-state index is 0.00299. The van der Waals surface area contributed by atoms with E-state index in [0.29, 0.717) is 22.2 Å². The van der Waals surface area contributed by atoms with Gasteiger partial charge in [-0.1, -0.05) is 29.3 Å². The Morgan fingerprint density at radius 3 is 2.70 bits per heavy atom. The number of nitrogen functional groups attached to an aromatic ring is 1. The van der Waals surface area contributed by atoms with E-state index in [1.54, 1.807) is 79.8 Å². The molecule has 0 radical (unpaired) electrons. The van der Waals surface area contributed by atoms with Gasteiger partial charge in [-0.05, 0) is 37.1 Å². The number of aryl methyl sites for hydroxylation is 1. The summed E-state index contributed by atoms with van der Waals surface area (Å²) < 4.78 is 8.45. The van der Waals surface area contributed by atoms with Gasteiger partial charge in [0.1, 0.15) is 22.6 Å². The molecule has 0 fully saturated rings. The van der Waals surface area contributed by atoms with Crippen LogP contribution in [0.25, 0.3) is 27.7 Å². The van der Waals surface area contributed by atoms with Crippen molar-refractivity contribution in [3.8, 4) is 17.5 Å². The van der Waals surface area contributed by atoms with Gasteiger partial charge in [-0.2, -0.15) is 10.1 Å². The maximum absolute atomic E-state index is 13.9. The Morgan fingerprint density at radius 1 is 1.10 bits per heavy atom. The van der Waals surface area contributed by atoms with Gasteiger partial charge in [0.05, 0.1) is 29.0 Å². The Morgan fingerprint density at radius 2 is 1.93 bits per heavy atom. The lowest BCUT2D eigenvalue weighted by Gasteiger charge is -2.19. The van der Waals surface area contributed by atoms with E-state index in [2.05, 4.69) is 42.4 Å². The van der Waals surface area contributed by atoms with Crippen LogP contribution in [0.5, 0.6) is 0 Å². The molecular weight excluding hydrogens is 510 g/mol. The number of carbonyl (C=O) groups is 1. The van der Waals surface area contributed by atoms with Crippen LogP contribution in [0.15, 0.2) is 76.6 Å². The number of amides is 1. The number of anilines is 1. The molecule has 1 aromatic carbocycles. The van der Waals surface area contributed by atoms with E-state index in [4.69, 9.17) is 10.3 Å². The Kier molecular flexibility index (Phi) is 6.01. The van der Waals surface area contributed by atoms with Gasteiger partial charge in [0.25, 0.3) is 17.2 Å². The van der Waals surface area contributed by atoms with E-state index >= 15 is 0 Å². The third kappa shape index (κ3) is 4.31. The van der Waals surface area contributed by atoms with Crippen molar-refractivity contribution in [1.82, 2.24) is 39.8 Å². The third-order valence-electron chi connectivity index (χ3n) is 6.22. The number of rotatable bonds is 4. The fraction of sp³-hybridized carbons (Fsp3) is 0.107. The normalized spacial score (nSPS) is 11.8. The number of nitrogens with one attached hydrogen (secondary N) is 1. The Labute approximate surface area is 226 Å². The highest BCUT2D eigenvalue weighted by molar-refractivity contribution is 6.09. The smallest absolute Gasteiger partial charge is 0.272 e. The Hall–Kier alpha value is -5.83. The Bertz CT molecular complexity index is 2030. The van der Waals surface area contributed by atoms with E-state index in [9.17, 15) is 9.59 Å². The zero-order chi connectivity index (χ0) is 27.8. The molecule has 0 unspecified atom stereocenters. The van der Waals surface area contributed by atoms with Crippen LogP contribution in [0.3, 0.4) is 0 Å². The maximum Gasteiger partial charge on any atom is 0.272 e. The van der Waals surface area contributed by atoms with Gasteiger partial charge in [0, 0.05) is 31.0 Å². The molecule has 5 heterocycles. The molecule has 0 spiro atoms. The fourth-order valence-corrected chi connectivity index (χ4v) is 4.35. The predicted molar refractivity (Wildman–Crippen MR) is 146 cm³/mol. The highest BCUT2D eigenvalue weighted by Gasteiger charge is 2.25. The average Bonchev–Trinajstić information content (AvgIpc) is 3.57. The number of pyridine rings is 2. The quantitative estimate of drug-likeness (QED) is 0.326. The second kappa shape index (κ2) is 9.80. The molecule has 1 amide bonds. The van der Waals surface area contributed by atoms with Crippen LogP contribution < -0.4 is 16.6 Å². The minimum Gasteiger partial charge on any atom is -0.383 e. The molecule has 0 aliphatic rings. The lowest BCUT2D eigenvalue weighted by molar-refractivity contribution is 0.0940. The largest absolute Gasteiger partial charge is 0.383 e. The van der Waals surface area contributed by atoms with Crippen LogP contribution in [-0.4, -0.2) is 40.4 Å². The number of benzene rings is 1. The molecule has 6 aromatic rings. The molecule has 0 aliphatic carbocycles. The topological polar surface area (TPSA) is 160 Å². The van der Waals surface area contributed by atoms with Gasteiger partial charge < -0.3 is 15.6 Å². The molecular formula is C28H21N9O3. The number of carbonyl (C=O) groups excluding carboxylic acids is 1. The first-order chi connectivity index (χ1) is 19.4. The molecule has 0 saturated carbocycles. The number of hydrogen-bond donors (Lipinski definition) is 2. The third-order valence-corrected chi connectivity index (χ3v) is 6.22. The zero-order valence-electron chi connectivity index (χ0n) is 21.4. The first-order valence-electron chi connectivity index (χ1n) is 12.2. The van der Waals surface area contributed by atoms with Crippen molar-refractivity contribution in [3.05, 3.63) is 100 Å². The van der Waals surface area contributed by atoms with Crippen LogP contribution in [0.1, 0.15) is 40.4 Å². The fourth-order valence-electron chi connectivity index (χ4n) is 4.35. The number of aromatic nitrogens is 7. The second-order valence-corrected chi connectivity index (χ2v) is 8.96. The van der Waals surface area contributed by atoms with Crippen LogP contribution in [0.4, 0.5) is 5.82 Å². The van der Waals surface area contributed by atoms with Crippen LogP contribution >= 0.6 is 0 Å². The van der Waals surface area contributed by atoms with Crippen molar-refractivity contribution in [2.45, 2.75) is 13.0 Å². The summed E-state index contributed by atoms with van der Waals surface area (Å²) in [7, 11) is 1.78. The van der Waals surface area contributed by atoms with Gasteiger partial charge in [-0.3, -0.25) is 23.8 Å². The van der Waals surface area contributed by atoms with Crippen molar-refractivity contribution < 1.29 is 9.32 Å². The van der Waals surface area contributed by atoms with E-state index in [1.807, 2.05) is 6.07 Å². The van der Waals surface area contributed by atoms with E-state index in [0.717, 1.165) is 0 Å². The molecule has 12 nitrogen and oxygen atoms in total. The predicted octanol–water partition coefficient (Wildman–Crippen LogP) is 2.52. The van der Waals surface area contributed by atoms with Crippen molar-refractivity contribution in [2.75, 3.05) is 5.73 Å². The summed E-state index contributed by atoms with van der Waals surface area (Å²) in [5.41, 5.74) is 7.50. The molecule has 196 valence electrons. The minimum atomic E-state index is -0.766. The number of hydrogen-bond acceptors (Lipinski definition) is 9. The summed E-state index contributed by atoms with van der Waals surface area (Å²) >= 11 is 0. The Balaban J connectivity index is 1.45. The zero-order valence-corrected chi connectivity index (χ0v) is 21.4. The number of nitrogens with zero attached hydrogens (tertiary/aromatic N) is 7. The second-order valence-electron chi connectivity index (χ2n) is 8.96. The molecule has 40 heavy (non-hydrogen) atoms. The molecule has 3 N–H and O–H groups in total. The van der Waals surface area contributed by atoms with Gasteiger partial charge in [0.2, 0.25) is 0 Å². The molecule has 12 heteroatoms. The first kappa shape index (κ1) is 24.5. The molecule has 1 atom stereocenters. The van der Waals surface area contributed by atoms with E-state index in [1.165, 1.54) is 4.57 Å². The number of nitrogens with two attached hydrogens (primary N) is 1. The molecule has 0 bridgehead atoms. The van der Waals surface area contributed by atoms with Gasteiger partial charge in [-0.15, -0.1) is 0 Å². The summed E-state index contributed by atoms with van der Waals surface area (Å²) in [5.74, 6) is 5.56. The van der Waals surface area contributed by atoms with Crippen molar-refractivity contribution >= 4 is 33.7 Å². The van der Waals surface area contributed by atoms with Crippen molar-refractivity contribution in [2.24, 2.45) is 7.05 Å². The highest BCUT2D eigenvalue weighted by Crippen LogP contribution is 2.23. The first-order valence-corrected chi connectivity index (χ1v) is 12.2. The molecule has 0 saturated heterocycles. The van der Waals surface area contributed by atoms with Crippen LogP contribution in [-0.2, 0) is 7.05 Å². The molecule has 0 aliphatic heterocycles. The van der Waals surface area contributed by atoms with Crippen molar-refractivity contribution in [3.63, 3.8) is 0 Å². The number of para-hydroxylation sites is 1. The molecule has 5 aromatic heterocycles. The highest BCUT2D eigenvalue weighted by atomic mass is 16.5. The SMILES string of the molecule is C[C@@H](NC(=O)c1c(N)ncc2cccnc12)c1nc2onc(C#Cc3cnn(C)c3)c2c(=O)n1-c1ccccc1. The van der Waals surface area contributed by atoms with Gasteiger partial charge >= 0.3 is 0 Å². The summed E-state index contributed by atoms with van der Waals surface area (Å²) in [5, 5.41) is 11.8. The van der Waals surface area contributed by atoms with Gasteiger partial charge in [-0.25, -0.2) is 4.98 Å². The van der Waals surface area contributed by atoms with Crippen LogP contribution in [0, 0.1) is 11.8 Å². The van der Waals surface area contributed by atoms with Crippen molar-refractivity contribution in [1.29, 1.82) is 0 Å².